The molecule has 2 aromatic rings. The van der Waals surface area contributed by atoms with Crippen molar-refractivity contribution in [3.05, 3.63) is 59.9 Å². The summed E-state index contributed by atoms with van der Waals surface area (Å²) in [5.41, 5.74) is 3.13. The molecule has 4 heteroatoms. The van der Waals surface area contributed by atoms with Crippen molar-refractivity contribution in [3.8, 4) is 5.75 Å². The molecule has 0 spiro atoms. The molecule has 0 bridgehead atoms. The van der Waals surface area contributed by atoms with Gasteiger partial charge in [-0.15, -0.1) is 0 Å². The van der Waals surface area contributed by atoms with Crippen LogP contribution in [-0.2, 0) is 19.5 Å². The summed E-state index contributed by atoms with van der Waals surface area (Å²) < 4.78 is 5.67. The van der Waals surface area contributed by atoms with Crippen LogP contribution in [0.15, 0.2) is 42.5 Å². The van der Waals surface area contributed by atoms with E-state index in [1.165, 1.54) is 0 Å². The molecule has 2 nitrogen and oxygen atoms in total. The summed E-state index contributed by atoms with van der Waals surface area (Å²) in [6, 6.07) is 13.7. The molecule has 1 aromatic heterocycles. The first-order valence-corrected chi connectivity index (χ1v) is 5.19. The van der Waals surface area contributed by atoms with Crippen LogP contribution in [0.1, 0.15) is 11.3 Å². The van der Waals surface area contributed by atoms with Gasteiger partial charge in [-0.1, -0.05) is 24.3 Å². The number of rotatable bonds is 1. The summed E-state index contributed by atoms with van der Waals surface area (Å²) in [5, 5.41) is 0. The van der Waals surface area contributed by atoms with Gasteiger partial charge in [-0.25, -0.2) is 4.98 Å². The Balaban J connectivity index is 0.000000810. The van der Waals surface area contributed by atoms with Crippen molar-refractivity contribution < 1.29 is 36.6 Å². The van der Waals surface area contributed by atoms with E-state index in [1.54, 1.807) is 6.07 Å². The first-order valence-electron chi connectivity index (χ1n) is 5.19. The van der Waals surface area contributed by atoms with Crippen molar-refractivity contribution in [1.82, 2.24) is 4.98 Å². The normalized spacial score (nSPS) is 12.1. The molecule has 0 aliphatic carbocycles. The third kappa shape index (κ3) is 2.98. The van der Waals surface area contributed by atoms with Gasteiger partial charge < -0.3 is 17.1 Å². The van der Waals surface area contributed by atoms with E-state index in [2.05, 4.69) is 17.3 Å². The number of ether oxygens (including phenoxy) is 1. The Kier molecular flexibility index (Phi) is 5.52. The second-order valence-electron chi connectivity index (χ2n) is 3.65. The molecule has 1 radical (unpaired) electrons. The van der Waals surface area contributed by atoms with E-state index < -0.39 is 0 Å². The molecule has 1 aliphatic rings. The van der Waals surface area contributed by atoms with Gasteiger partial charge in [0.25, 0.3) is 0 Å². The smallest absolute Gasteiger partial charge is 0.127 e. The van der Waals surface area contributed by atoms with Gasteiger partial charge >= 0.3 is 0 Å². The maximum atomic E-state index is 5.67. The van der Waals surface area contributed by atoms with E-state index in [-0.39, 0.29) is 31.9 Å². The molecule has 0 unspecified atom stereocenters. The van der Waals surface area contributed by atoms with E-state index in [0.717, 1.165) is 22.6 Å². The predicted molar refractivity (Wildman–Crippen MR) is 62.9 cm³/mol. The van der Waals surface area contributed by atoms with Gasteiger partial charge in [-0.2, -0.15) is 0 Å². The molecule has 0 saturated carbocycles. The first-order chi connectivity index (χ1) is 7.93. The number of fused-ring (bicyclic) bond motifs is 1. The van der Waals surface area contributed by atoms with Crippen molar-refractivity contribution in [2.24, 2.45) is 0 Å². The number of para-hydroxylation sites is 1. The molecular weight excluding hydrogens is 299 g/mol. The molecule has 0 saturated heterocycles. The summed E-state index contributed by atoms with van der Waals surface area (Å²) >= 11 is 0. The minimum Gasteiger partial charge on any atom is -1.00 e. The van der Waals surface area contributed by atoms with Crippen LogP contribution in [0.3, 0.4) is 0 Å². The summed E-state index contributed by atoms with van der Waals surface area (Å²) in [4.78, 5) is 4.20. The van der Waals surface area contributed by atoms with Crippen LogP contribution in [0.2, 0.25) is 0 Å². The van der Waals surface area contributed by atoms with Crippen molar-refractivity contribution in [2.75, 3.05) is 6.61 Å². The molecule has 1 aromatic carbocycles. The summed E-state index contributed by atoms with van der Waals surface area (Å²) in [5.74, 6) is 0.936. The topological polar surface area (TPSA) is 22.1 Å². The molecule has 0 amide bonds. The van der Waals surface area contributed by atoms with Gasteiger partial charge in [-0.3, -0.25) is 0 Å². The van der Waals surface area contributed by atoms with Crippen LogP contribution >= 0.6 is 0 Å². The van der Waals surface area contributed by atoms with Gasteiger partial charge in [0, 0.05) is 30.6 Å². The van der Waals surface area contributed by atoms with Crippen LogP contribution in [0.25, 0.3) is 11.6 Å². The molecular formula is C14H10ClNOZn-. The zero-order valence-electron chi connectivity index (χ0n) is 9.77. The van der Waals surface area contributed by atoms with Gasteiger partial charge in [0.1, 0.15) is 12.4 Å². The average molecular weight is 309 g/mol. The minimum atomic E-state index is 0. The SMILES string of the molecule is [Cl-].[Zn].[c]1cccc(C2=Cc3ccccc3OC2)n1. The number of benzene rings is 1. The van der Waals surface area contributed by atoms with Crippen molar-refractivity contribution in [1.29, 1.82) is 0 Å². The third-order valence-electron chi connectivity index (χ3n) is 2.57. The Morgan fingerprint density at radius 2 is 1.94 bits per heavy atom. The van der Waals surface area contributed by atoms with Crippen LogP contribution in [-0.4, -0.2) is 11.6 Å². The molecule has 18 heavy (non-hydrogen) atoms. The fraction of sp³-hybridized carbons (Fsp3) is 0.0714. The number of hydrogen-bond donors (Lipinski definition) is 0. The zero-order valence-corrected chi connectivity index (χ0v) is 13.5. The number of aromatic nitrogens is 1. The van der Waals surface area contributed by atoms with Crippen molar-refractivity contribution in [3.63, 3.8) is 0 Å². The van der Waals surface area contributed by atoms with E-state index in [4.69, 9.17) is 4.74 Å². The van der Waals surface area contributed by atoms with Crippen LogP contribution in [0.5, 0.6) is 5.75 Å². The standard InChI is InChI=1S/C14H10NO.ClH.Zn/c1-2-7-14-11(5-1)9-12(10-16-14)13-6-3-4-8-15-13;;/h1-7,9H,10H2;1H;/p-1. The van der Waals surface area contributed by atoms with Gasteiger partial charge in [-0.05, 0) is 24.3 Å². The fourth-order valence-electron chi connectivity index (χ4n) is 1.77. The molecule has 3 rings (SSSR count). The summed E-state index contributed by atoms with van der Waals surface area (Å²) in [7, 11) is 0. The Morgan fingerprint density at radius 1 is 1.11 bits per heavy atom. The number of hydrogen-bond acceptors (Lipinski definition) is 2. The Morgan fingerprint density at radius 3 is 2.72 bits per heavy atom. The molecule has 0 N–H and O–H groups in total. The summed E-state index contributed by atoms with van der Waals surface area (Å²) in [6.45, 7) is 0.571. The Bertz CT molecular complexity index is 543. The molecule has 87 valence electrons. The van der Waals surface area contributed by atoms with Gasteiger partial charge in [0.05, 0.1) is 11.9 Å². The van der Waals surface area contributed by atoms with E-state index in [9.17, 15) is 0 Å². The predicted octanol–water partition coefficient (Wildman–Crippen LogP) is -0.184. The number of halogens is 1. The molecule has 0 atom stereocenters. The van der Waals surface area contributed by atoms with E-state index in [1.807, 2.05) is 36.4 Å². The largest absolute Gasteiger partial charge is 1.00 e. The van der Waals surface area contributed by atoms with E-state index in [0.29, 0.717) is 6.61 Å². The second-order valence-corrected chi connectivity index (χ2v) is 3.65. The van der Waals surface area contributed by atoms with Gasteiger partial charge in [0.15, 0.2) is 0 Å². The molecule has 0 fully saturated rings. The Labute approximate surface area is 125 Å². The molecule has 2 heterocycles. The maximum absolute atomic E-state index is 5.67. The second kappa shape index (κ2) is 6.67. The average Bonchev–Trinajstić information content (AvgIpc) is 2.39. The first kappa shape index (κ1) is 14.9. The van der Waals surface area contributed by atoms with Crippen LogP contribution < -0.4 is 17.1 Å². The van der Waals surface area contributed by atoms with Crippen LogP contribution in [0, 0.1) is 6.20 Å². The Hall–Kier alpha value is -1.18. The van der Waals surface area contributed by atoms with Crippen molar-refractivity contribution >= 4 is 11.6 Å². The van der Waals surface area contributed by atoms with Gasteiger partial charge in [0.2, 0.25) is 0 Å². The maximum Gasteiger partial charge on any atom is 0.127 e. The van der Waals surface area contributed by atoms with Crippen LogP contribution in [0.4, 0.5) is 0 Å². The zero-order chi connectivity index (χ0) is 10.8. The number of nitrogens with zero attached hydrogens (tertiary/aromatic N) is 1. The fourth-order valence-corrected chi connectivity index (χ4v) is 1.77. The monoisotopic (exact) mass is 307 g/mol. The summed E-state index contributed by atoms with van der Waals surface area (Å²) in [6.07, 6.45) is 4.96. The third-order valence-corrected chi connectivity index (χ3v) is 2.57. The van der Waals surface area contributed by atoms with E-state index >= 15 is 0 Å². The number of pyridine rings is 1. The van der Waals surface area contributed by atoms with Crippen molar-refractivity contribution in [2.45, 2.75) is 0 Å². The molecule has 1 aliphatic heterocycles. The quantitative estimate of drug-likeness (QED) is 0.682. The minimum absolute atomic E-state index is 0.